The highest BCUT2D eigenvalue weighted by atomic mass is 16.6. The van der Waals surface area contributed by atoms with Crippen LogP contribution in [0.4, 0.5) is 11.6 Å². The molecule has 0 saturated carbocycles. The molecule has 1 aliphatic heterocycles. The molecule has 0 amide bonds. The lowest BCUT2D eigenvalue weighted by Gasteiger charge is -2.38. The summed E-state index contributed by atoms with van der Waals surface area (Å²) in [4.78, 5) is 20.1. The lowest BCUT2D eigenvalue weighted by molar-refractivity contribution is -0.389. The van der Waals surface area contributed by atoms with E-state index in [0.717, 1.165) is 25.9 Å². The minimum Gasteiger partial charge on any atom is -0.358 e. The molecule has 124 valence electrons. The molecule has 2 aromatic heterocycles. The Hall–Kier alpha value is -2.15. The minimum absolute atomic E-state index is 0.0504. The Morgan fingerprint density at radius 1 is 1.35 bits per heavy atom. The first-order chi connectivity index (χ1) is 11.0. The van der Waals surface area contributed by atoms with Gasteiger partial charge >= 0.3 is 5.82 Å². The largest absolute Gasteiger partial charge is 0.372 e. The number of pyridine rings is 1. The van der Waals surface area contributed by atoms with Crippen LogP contribution in [0.2, 0.25) is 0 Å². The predicted octanol–water partition coefficient (Wildman–Crippen LogP) is 2.55. The standard InChI is InChI=1S/C16H23N5O2/c1-12(2)19-10-7-13(8-11-19)18(3)15-16(21(22)23)20-9-5-4-6-14(20)17-15/h4-6,9,12-13H,7-8,10-11H2,1-3H3. The molecule has 1 aliphatic rings. The van der Waals surface area contributed by atoms with Crippen molar-refractivity contribution in [1.82, 2.24) is 14.3 Å². The number of fused-ring (bicyclic) bond motifs is 1. The molecule has 0 spiro atoms. The van der Waals surface area contributed by atoms with Gasteiger partial charge in [-0.3, -0.25) is 0 Å². The van der Waals surface area contributed by atoms with Crippen molar-refractivity contribution in [3.8, 4) is 0 Å². The molecule has 0 aromatic carbocycles. The molecule has 0 unspecified atom stereocenters. The fourth-order valence-electron chi connectivity index (χ4n) is 3.34. The van der Waals surface area contributed by atoms with Gasteiger partial charge in [-0.1, -0.05) is 6.07 Å². The van der Waals surface area contributed by atoms with E-state index < -0.39 is 0 Å². The molecule has 0 radical (unpaired) electrons. The average Bonchev–Trinajstić information content (AvgIpc) is 2.93. The quantitative estimate of drug-likeness (QED) is 0.640. The van der Waals surface area contributed by atoms with Gasteiger partial charge in [-0.2, -0.15) is 9.38 Å². The monoisotopic (exact) mass is 317 g/mol. The number of anilines is 1. The van der Waals surface area contributed by atoms with Crippen molar-refractivity contribution in [3.63, 3.8) is 0 Å². The van der Waals surface area contributed by atoms with E-state index in [1.807, 2.05) is 18.0 Å². The Balaban J connectivity index is 1.88. The van der Waals surface area contributed by atoms with E-state index in [0.29, 0.717) is 17.5 Å². The zero-order chi connectivity index (χ0) is 16.6. The van der Waals surface area contributed by atoms with E-state index >= 15 is 0 Å². The fraction of sp³-hybridized carbons (Fsp3) is 0.562. The van der Waals surface area contributed by atoms with Crippen molar-refractivity contribution in [2.45, 2.75) is 38.8 Å². The number of hydrogen-bond acceptors (Lipinski definition) is 5. The van der Waals surface area contributed by atoms with E-state index in [-0.39, 0.29) is 16.8 Å². The van der Waals surface area contributed by atoms with Gasteiger partial charge in [-0.05, 0) is 37.7 Å². The highest BCUT2D eigenvalue weighted by molar-refractivity contribution is 5.63. The van der Waals surface area contributed by atoms with Crippen LogP contribution < -0.4 is 4.90 Å². The van der Waals surface area contributed by atoms with Gasteiger partial charge in [-0.25, -0.2) is 0 Å². The fourth-order valence-corrected chi connectivity index (χ4v) is 3.34. The minimum atomic E-state index is -0.338. The van der Waals surface area contributed by atoms with Crippen molar-refractivity contribution in [3.05, 3.63) is 34.5 Å². The van der Waals surface area contributed by atoms with Crippen LogP contribution in [-0.2, 0) is 0 Å². The van der Waals surface area contributed by atoms with Crippen molar-refractivity contribution in [2.75, 3.05) is 25.0 Å². The maximum atomic E-state index is 11.5. The second-order valence-electron chi connectivity index (χ2n) is 6.42. The first kappa shape index (κ1) is 15.7. The molecule has 2 aromatic rings. The third-order valence-electron chi connectivity index (χ3n) is 4.77. The predicted molar refractivity (Wildman–Crippen MR) is 90.0 cm³/mol. The third kappa shape index (κ3) is 2.88. The van der Waals surface area contributed by atoms with E-state index in [1.54, 1.807) is 22.7 Å². The van der Waals surface area contributed by atoms with Gasteiger partial charge in [0, 0.05) is 38.3 Å². The summed E-state index contributed by atoms with van der Waals surface area (Å²) in [7, 11) is 1.92. The maximum Gasteiger partial charge on any atom is 0.372 e. The normalized spacial score (nSPS) is 17.0. The molecule has 23 heavy (non-hydrogen) atoms. The van der Waals surface area contributed by atoms with E-state index in [1.165, 1.54) is 0 Å². The van der Waals surface area contributed by atoms with Crippen LogP contribution in [0.3, 0.4) is 0 Å². The molecule has 1 fully saturated rings. The third-order valence-corrected chi connectivity index (χ3v) is 4.77. The maximum absolute atomic E-state index is 11.5. The Kier molecular flexibility index (Phi) is 4.21. The number of imidazole rings is 1. The van der Waals surface area contributed by atoms with Gasteiger partial charge in [0.1, 0.15) is 0 Å². The van der Waals surface area contributed by atoms with Gasteiger partial charge in [-0.15, -0.1) is 0 Å². The second-order valence-corrected chi connectivity index (χ2v) is 6.42. The summed E-state index contributed by atoms with van der Waals surface area (Å²) in [6, 6.07) is 6.26. The Morgan fingerprint density at radius 2 is 2.04 bits per heavy atom. The highest BCUT2D eigenvalue weighted by Gasteiger charge is 2.31. The number of nitrogens with zero attached hydrogens (tertiary/aromatic N) is 5. The average molecular weight is 317 g/mol. The molecule has 3 heterocycles. The van der Waals surface area contributed by atoms with Crippen LogP contribution in [0.5, 0.6) is 0 Å². The second kappa shape index (κ2) is 6.16. The number of piperidine rings is 1. The number of likely N-dealkylation sites (tertiary alicyclic amines) is 1. The van der Waals surface area contributed by atoms with Crippen molar-refractivity contribution < 1.29 is 4.92 Å². The van der Waals surface area contributed by atoms with Crippen LogP contribution in [-0.4, -0.2) is 51.4 Å². The molecular formula is C16H23N5O2. The zero-order valence-corrected chi connectivity index (χ0v) is 13.8. The Bertz CT molecular complexity index is 704. The highest BCUT2D eigenvalue weighted by Crippen LogP contribution is 2.31. The molecule has 1 saturated heterocycles. The van der Waals surface area contributed by atoms with Crippen LogP contribution >= 0.6 is 0 Å². The Labute approximate surface area is 135 Å². The van der Waals surface area contributed by atoms with Gasteiger partial charge in [0.15, 0.2) is 0 Å². The van der Waals surface area contributed by atoms with Crippen molar-refractivity contribution in [2.24, 2.45) is 0 Å². The molecule has 0 bridgehead atoms. The molecule has 0 aliphatic carbocycles. The van der Waals surface area contributed by atoms with Gasteiger partial charge in [0.2, 0.25) is 11.5 Å². The summed E-state index contributed by atoms with van der Waals surface area (Å²) in [5, 5.41) is 11.5. The SMILES string of the molecule is CC(C)N1CCC(N(C)c2nc3ccccn3c2[N+](=O)[O-])CC1. The molecule has 7 heteroatoms. The summed E-state index contributed by atoms with van der Waals surface area (Å²) in [5.41, 5.74) is 0.612. The molecular weight excluding hydrogens is 294 g/mol. The zero-order valence-electron chi connectivity index (χ0n) is 13.8. The molecule has 0 N–H and O–H groups in total. The van der Waals surface area contributed by atoms with Gasteiger partial charge < -0.3 is 19.9 Å². The number of rotatable bonds is 4. The number of nitro groups is 1. The van der Waals surface area contributed by atoms with E-state index in [4.69, 9.17) is 0 Å². The number of hydrogen-bond donors (Lipinski definition) is 0. The topological polar surface area (TPSA) is 66.9 Å². The summed E-state index contributed by atoms with van der Waals surface area (Å²) in [5.74, 6) is 0.513. The van der Waals surface area contributed by atoms with E-state index in [9.17, 15) is 10.1 Å². The first-order valence-electron chi connectivity index (χ1n) is 8.07. The summed E-state index contributed by atoms with van der Waals surface area (Å²) >= 11 is 0. The first-order valence-corrected chi connectivity index (χ1v) is 8.07. The summed E-state index contributed by atoms with van der Waals surface area (Å²) in [6.07, 6.45) is 3.69. The van der Waals surface area contributed by atoms with Crippen LogP contribution in [0.1, 0.15) is 26.7 Å². The van der Waals surface area contributed by atoms with Crippen molar-refractivity contribution in [1.29, 1.82) is 0 Å². The summed E-state index contributed by atoms with van der Waals surface area (Å²) < 4.78 is 1.55. The lowest BCUT2D eigenvalue weighted by atomic mass is 10.0. The van der Waals surface area contributed by atoms with Crippen LogP contribution in [0, 0.1) is 10.1 Å². The van der Waals surface area contributed by atoms with Crippen molar-refractivity contribution >= 4 is 17.3 Å². The van der Waals surface area contributed by atoms with Crippen LogP contribution in [0.15, 0.2) is 24.4 Å². The lowest BCUT2D eigenvalue weighted by Crippen LogP contribution is -2.46. The molecule has 7 nitrogen and oxygen atoms in total. The molecule has 3 rings (SSSR count). The van der Waals surface area contributed by atoms with Gasteiger partial charge in [0.25, 0.3) is 0 Å². The molecule has 0 atom stereocenters. The van der Waals surface area contributed by atoms with Crippen LogP contribution in [0.25, 0.3) is 5.65 Å². The van der Waals surface area contributed by atoms with Gasteiger partial charge in [0.05, 0.1) is 6.20 Å². The number of aromatic nitrogens is 2. The summed E-state index contributed by atoms with van der Waals surface area (Å²) in [6.45, 7) is 6.45. The Morgan fingerprint density at radius 3 is 2.65 bits per heavy atom. The smallest absolute Gasteiger partial charge is 0.358 e. The van der Waals surface area contributed by atoms with E-state index in [2.05, 4.69) is 23.7 Å².